The second-order valence-electron chi connectivity index (χ2n) is 4.71. The van der Waals surface area contributed by atoms with Crippen molar-refractivity contribution < 1.29 is 14.3 Å². The largest absolute Gasteiger partial charge is 0.381 e. The molecule has 0 bridgehead atoms. The van der Waals surface area contributed by atoms with Gasteiger partial charge in [-0.05, 0) is 25.2 Å². The maximum absolute atomic E-state index is 11.4. The van der Waals surface area contributed by atoms with E-state index in [1.165, 1.54) is 6.92 Å². The Labute approximate surface area is 106 Å². The van der Waals surface area contributed by atoms with E-state index in [0.29, 0.717) is 6.54 Å². The van der Waals surface area contributed by atoms with Crippen molar-refractivity contribution in [1.82, 2.24) is 10.6 Å². The Balaban J connectivity index is 2.30. The van der Waals surface area contributed by atoms with E-state index in [1.807, 2.05) is 0 Å². The number of rotatable bonds is 3. The van der Waals surface area contributed by atoms with Crippen molar-refractivity contribution in [3.63, 3.8) is 0 Å². The number of ether oxygens (including phenoxy) is 1. The Bertz CT molecular complexity index is 288. The van der Waals surface area contributed by atoms with Crippen molar-refractivity contribution in [3.8, 4) is 0 Å². The average Bonchev–Trinajstić information content (AvgIpc) is 2.27. The van der Waals surface area contributed by atoms with Crippen LogP contribution >= 0.6 is 11.6 Å². The average molecular weight is 263 g/mol. The number of carbonyl (C=O) groups excluding carboxylic acids is 2. The van der Waals surface area contributed by atoms with Crippen LogP contribution in [-0.2, 0) is 9.53 Å². The van der Waals surface area contributed by atoms with Gasteiger partial charge in [-0.1, -0.05) is 6.92 Å². The van der Waals surface area contributed by atoms with Gasteiger partial charge >= 0.3 is 6.03 Å². The van der Waals surface area contributed by atoms with E-state index in [-0.39, 0.29) is 5.41 Å². The molecule has 0 aliphatic carbocycles. The first-order valence-electron chi connectivity index (χ1n) is 5.73. The lowest BCUT2D eigenvalue weighted by molar-refractivity contribution is -0.119. The van der Waals surface area contributed by atoms with Crippen LogP contribution < -0.4 is 10.6 Å². The van der Waals surface area contributed by atoms with E-state index >= 15 is 0 Å². The van der Waals surface area contributed by atoms with Crippen molar-refractivity contribution >= 4 is 23.5 Å². The molecular formula is C11H19ClN2O3. The SMILES string of the molecule is CC(Cl)C(=O)NC(=O)NCC1(C)CCOCC1. The molecule has 1 aliphatic heterocycles. The Morgan fingerprint density at radius 2 is 2.00 bits per heavy atom. The van der Waals surface area contributed by atoms with E-state index in [2.05, 4.69) is 17.6 Å². The highest BCUT2D eigenvalue weighted by Gasteiger charge is 2.28. The topological polar surface area (TPSA) is 67.4 Å². The summed E-state index contributed by atoms with van der Waals surface area (Å²) in [5.74, 6) is -0.485. The zero-order valence-corrected chi connectivity index (χ0v) is 11.0. The van der Waals surface area contributed by atoms with Crippen LogP contribution in [0.25, 0.3) is 0 Å². The summed E-state index contributed by atoms with van der Waals surface area (Å²) in [6.45, 7) is 5.59. The van der Waals surface area contributed by atoms with Crippen molar-refractivity contribution in [2.45, 2.75) is 32.1 Å². The number of imide groups is 1. The number of hydrogen-bond donors (Lipinski definition) is 2. The number of carbonyl (C=O) groups is 2. The highest BCUT2D eigenvalue weighted by molar-refractivity contribution is 6.31. The standard InChI is InChI=1S/C11H19ClN2O3/c1-8(12)9(15)14-10(16)13-7-11(2)3-5-17-6-4-11/h8H,3-7H2,1-2H3,(H2,13,14,15,16). The summed E-state index contributed by atoms with van der Waals surface area (Å²) in [5.41, 5.74) is 0.0468. The van der Waals surface area contributed by atoms with Gasteiger partial charge in [-0.25, -0.2) is 4.79 Å². The highest BCUT2D eigenvalue weighted by atomic mass is 35.5. The fourth-order valence-corrected chi connectivity index (χ4v) is 1.64. The minimum absolute atomic E-state index is 0.0468. The van der Waals surface area contributed by atoms with Crippen LogP contribution in [0.15, 0.2) is 0 Å². The van der Waals surface area contributed by atoms with Gasteiger partial charge in [-0.15, -0.1) is 11.6 Å². The smallest absolute Gasteiger partial charge is 0.321 e. The lowest BCUT2D eigenvalue weighted by Gasteiger charge is -2.33. The van der Waals surface area contributed by atoms with Gasteiger partial charge in [0.1, 0.15) is 5.38 Å². The molecule has 0 radical (unpaired) electrons. The summed E-state index contributed by atoms with van der Waals surface area (Å²) in [4.78, 5) is 22.6. The van der Waals surface area contributed by atoms with Crippen LogP contribution in [0.1, 0.15) is 26.7 Å². The summed E-state index contributed by atoms with van der Waals surface area (Å²) < 4.78 is 5.27. The number of amides is 3. The van der Waals surface area contributed by atoms with Crippen molar-refractivity contribution in [1.29, 1.82) is 0 Å². The van der Waals surface area contributed by atoms with E-state index in [9.17, 15) is 9.59 Å². The fraction of sp³-hybridized carbons (Fsp3) is 0.818. The molecule has 6 heteroatoms. The molecular weight excluding hydrogens is 244 g/mol. The predicted molar refractivity (Wildman–Crippen MR) is 65.0 cm³/mol. The number of nitrogens with one attached hydrogen (secondary N) is 2. The Morgan fingerprint density at radius 3 is 2.53 bits per heavy atom. The van der Waals surface area contributed by atoms with Crippen LogP contribution in [0.2, 0.25) is 0 Å². The number of urea groups is 1. The van der Waals surface area contributed by atoms with Gasteiger partial charge in [0.25, 0.3) is 0 Å². The lowest BCUT2D eigenvalue weighted by atomic mass is 9.82. The molecule has 1 atom stereocenters. The van der Waals surface area contributed by atoms with Crippen LogP contribution in [0.5, 0.6) is 0 Å². The second-order valence-corrected chi connectivity index (χ2v) is 5.37. The molecule has 1 rings (SSSR count). The molecule has 0 aromatic carbocycles. The summed E-state index contributed by atoms with van der Waals surface area (Å²) in [6.07, 6.45) is 1.82. The van der Waals surface area contributed by atoms with Crippen LogP contribution in [-0.4, -0.2) is 37.1 Å². The predicted octanol–water partition coefficient (Wildman–Crippen LogP) is 1.26. The molecule has 1 fully saturated rings. The zero-order chi connectivity index (χ0) is 12.9. The molecule has 17 heavy (non-hydrogen) atoms. The number of halogens is 1. The third kappa shape index (κ3) is 4.91. The van der Waals surface area contributed by atoms with Crippen molar-refractivity contribution in [2.24, 2.45) is 5.41 Å². The van der Waals surface area contributed by atoms with E-state index in [0.717, 1.165) is 26.1 Å². The molecule has 0 spiro atoms. The Hall–Kier alpha value is -0.810. The third-order valence-corrected chi connectivity index (χ3v) is 3.17. The molecule has 2 N–H and O–H groups in total. The van der Waals surface area contributed by atoms with Crippen molar-refractivity contribution in [2.75, 3.05) is 19.8 Å². The molecule has 98 valence electrons. The second kappa shape index (κ2) is 6.21. The minimum atomic E-state index is -0.709. The lowest BCUT2D eigenvalue weighted by Crippen LogP contribution is -2.46. The highest BCUT2D eigenvalue weighted by Crippen LogP contribution is 2.28. The van der Waals surface area contributed by atoms with Crippen LogP contribution in [0, 0.1) is 5.41 Å². The van der Waals surface area contributed by atoms with Crippen LogP contribution in [0.3, 0.4) is 0 Å². The van der Waals surface area contributed by atoms with Gasteiger partial charge in [-0.2, -0.15) is 0 Å². The number of alkyl halides is 1. The maximum Gasteiger partial charge on any atom is 0.321 e. The normalized spacial score (nSPS) is 20.4. The molecule has 1 heterocycles. The van der Waals surface area contributed by atoms with Gasteiger partial charge < -0.3 is 10.1 Å². The molecule has 0 saturated carbocycles. The first-order valence-corrected chi connectivity index (χ1v) is 6.17. The first kappa shape index (κ1) is 14.3. The maximum atomic E-state index is 11.4. The third-order valence-electron chi connectivity index (χ3n) is 2.97. The van der Waals surface area contributed by atoms with E-state index in [4.69, 9.17) is 16.3 Å². The Kier molecular flexibility index (Phi) is 5.21. The van der Waals surface area contributed by atoms with Gasteiger partial charge in [0, 0.05) is 19.8 Å². The molecule has 1 unspecified atom stereocenters. The monoisotopic (exact) mass is 262 g/mol. The molecule has 1 saturated heterocycles. The van der Waals surface area contributed by atoms with Gasteiger partial charge in [-0.3, -0.25) is 10.1 Å². The molecule has 3 amide bonds. The summed E-state index contributed by atoms with van der Waals surface area (Å²) in [6, 6.07) is -0.491. The van der Waals surface area contributed by atoms with E-state index < -0.39 is 17.3 Å². The molecule has 5 nitrogen and oxygen atoms in total. The van der Waals surface area contributed by atoms with Gasteiger partial charge in [0.2, 0.25) is 5.91 Å². The van der Waals surface area contributed by atoms with Gasteiger partial charge in [0.15, 0.2) is 0 Å². The molecule has 1 aliphatic rings. The Morgan fingerprint density at radius 1 is 1.41 bits per heavy atom. The molecule has 0 aromatic heterocycles. The quantitative estimate of drug-likeness (QED) is 0.753. The zero-order valence-electron chi connectivity index (χ0n) is 10.2. The molecule has 0 aromatic rings. The van der Waals surface area contributed by atoms with Crippen molar-refractivity contribution in [3.05, 3.63) is 0 Å². The first-order chi connectivity index (χ1) is 7.93. The fourth-order valence-electron chi connectivity index (χ4n) is 1.59. The van der Waals surface area contributed by atoms with E-state index in [1.54, 1.807) is 0 Å². The number of hydrogen-bond acceptors (Lipinski definition) is 3. The summed E-state index contributed by atoms with van der Waals surface area (Å²) in [5, 5.41) is 4.17. The van der Waals surface area contributed by atoms with Crippen LogP contribution in [0.4, 0.5) is 4.79 Å². The van der Waals surface area contributed by atoms with Gasteiger partial charge in [0.05, 0.1) is 0 Å². The summed E-state index contributed by atoms with van der Waals surface area (Å²) in [7, 11) is 0. The minimum Gasteiger partial charge on any atom is -0.381 e. The summed E-state index contributed by atoms with van der Waals surface area (Å²) >= 11 is 5.54.